The Hall–Kier alpha value is -1.85. The van der Waals surface area contributed by atoms with Crippen LogP contribution in [0.25, 0.3) is 0 Å². The molecule has 1 rings (SSSR count). The molecule has 0 fully saturated rings. The van der Waals surface area contributed by atoms with Gasteiger partial charge in [0.25, 0.3) is 0 Å². The molecule has 106 valence electrons. The molecule has 6 nitrogen and oxygen atoms in total. The van der Waals surface area contributed by atoms with Crippen LogP contribution in [0.3, 0.4) is 0 Å². The smallest absolute Gasteiger partial charge is 0.241 e. The molecule has 2 N–H and O–H groups in total. The first-order valence-corrected chi connectivity index (χ1v) is 6.56. The summed E-state index contributed by atoms with van der Waals surface area (Å²) in [6, 6.07) is 1.72. The first kappa shape index (κ1) is 15.2. The maximum Gasteiger partial charge on any atom is 0.241 e. The van der Waals surface area contributed by atoms with Crippen LogP contribution >= 0.6 is 0 Å². The summed E-state index contributed by atoms with van der Waals surface area (Å²) in [6.07, 6.45) is 1.66. The zero-order valence-electron chi connectivity index (χ0n) is 12.2. The van der Waals surface area contributed by atoms with E-state index < -0.39 is 0 Å². The fourth-order valence-corrected chi connectivity index (χ4v) is 1.67. The third-order valence-corrected chi connectivity index (χ3v) is 2.74. The predicted octanol–water partition coefficient (Wildman–Crippen LogP) is 0.926. The van der Waals surface area contributed by atoms with Gasteiger partial charge in [0.15, 0.2) is 0 Å². The first-order valence-electron chi connectivity index (χ1n) is 6.56. The molecule has 0 aromatic carbocycles. The number of nitrogen functional groups attached to an aromatic ring is 1. The second-order valence-corrected chi connectivity index (χ2v) is 4.63. The number of anilines is 2. The number of carbonyl (C=O) groups is 1. The fourth-order valence-electron chi connectivity index (χ4n) is 1.67. The van der Waals surface area contributed by atoms with Crippen molar-refractivity contribution in [3.05, 3.63) is 11.9 Å². The minimum absolute atomic E-state index is 0.0451. The normalized spacial score (nSPS) is 10.3. The molecule has 0 aliphatic carbocycles. The van der Waals surface area contributed by atoms with E-state index in [1.807, 2.05) is 11.8 Å². The molecule has 0 unspecified atom stereocenters. The Morgan fingerprint density at radius 3 is 2.53 bits per heavy atom. The zero-order chi connectivity index (χ0) is 14.4. The van der Waals surface area contributed by atoms with Gasteiger partial charge < -0.3 is 15.5 Å². The topological polar surface area (TPSA) is 75.4 Å². The molecule has 1 amide bonds. The van der Waals surface area contributed by atoms with Gasteiger partial charge in [-0.3, -0.25) is 4.79 Å². The molecular weight excluding hydrogens is 242 g/mol. The van der Waals surface area contributed by atoms with Gasteiger partial charge in [-0.2, -0.15) is 0 Å². The van der Waals surface area contributed by atoms with Crippen molar-refractivity contribution in [1.82, 2.24) is 14.9 Å². The Balaban J connectivity index is 2.97. The average Bonchev–Trinajstić information content (AvgIpc) is 2.37. The van der Waals surface area contributed by atoms with Crippen LogP contribution in [0.2, 0.25) is 0 Å². The molecule has 0 atom stereocenters. The van der Waals surface area contributed by atoms with E-state index in [2.05, 4.69) is 16.9 Å². The monoisotopic (exact) mass is 265 g/mol. The number of rotatable bonds is 6. The lowest BCUT2D eigenvalue weighted by atomic mass is 10.3. The number of aromatic nitrogens is 2. The molecule has 19 heavy (non-hydrogen) atoms. The van der Waals surface area contributed by atoms with E-state index in [1.165, 1.54) is 0 Å². The van der Waals surface area contributed by atoms with Crippen LogP contribution in [0, 0.1) is 0 Å². The number of hydrogen-bond acceptors (Lipinski definition) is 5. The van der Waals surface area contributed by atoms with Gasteiger partial charge >= 0.3 is 0 Å². The largest absolute Gasteiger partial charge is 0.384 e. The summed E-state index contributed by atoms with van der Waals surface area (Å²) >= 11 is 0. The van der Waals surface area contributed by atoms with Crippen LogP contribution in [0.15, 0.2) is 6.07 Å². The van der Waals surface area contributed by atoms with E-state index in [4.69, 9.17) is 5.73 Å². The van der Waals surface area contributed by atoms with Gasteiger partial charge in [0.2, 0.25) is 5.91 Å². The molecule has 0 spiro atoms. The van der Waals surface area contributed by atoms with Crippen LogP contribution in [0.4, 0.5) is 11.6 Å². The number of aryl methyl sites for hydroxylation is 1. The zero-order valence-corrected chi connectivity index (χ0v) is 12.2. The van der Waals surface area contributed by atoms with Crippen LogP contribution in [0.5, 0.6) is 0 Å². The van der Waals surface area contributed by atoms with Gasteiger partial charge in [-0.05, 0) is 6.42 Å². The highest BCUT2D eigenvalue weighted by molar-refractivity contribution is 5.80. The van der Waals surface area contributed by atoms with Crippen molar-refractivity contribution in [2.24, 2.45) is 0 Å². The summed E-state index contributed by atoms with van der Waals surface area (Å²) in [5, 5.41) is 0. The van der Waals surface area contributed by atoms with Crippen LogP contribution in [-0.2, 0) is 11.2 Å². The number of nitrogens with two attached hydrogens (primary N) is 1. The van der Waals surface area contributed by atoms with Crippen LogP contribution < -0.4 is 10.6 Å². The summed E-state index contributed by atoms with van der Waals surface area (Å²) in [4.78, 5) is 24.0. The van der Waals surface area contributed by atoms with Gasteiger partial charge in [0, 0.05) is 33.1 Å². The fraction of sp³-hybridized carbons (Fsp3) is 0.615. The van der Waals surface area contributed by atoms with Crippen molar-refractivity contribution in [2.45, 2.75) is 26.7 Å². The second kappa shape index (κ2) is 6.92. The second-order valence-electron chi connectivity index (χ2n) is 4.63. The molecule has 0 bridgehead atoms. The summed E-state index contributed by atoms with van der Waals surface area (Å²) < 4.78 is 0. The lowest BCUT2D eigenvalue weighted by Gasteiger charge is -2.24. The molecule has 1 aromatic heterocycles. The molecule has 6 heteroatoms. The van der Waals surface area contributed by atoms with Gasteiger partial charge in [0.05, 0.1) is 6.54 Å². The lowest BCUT2D eigenvalue weighted by Crippen LogP contribution is -2.37. The van der Waals surface area contributed by atoms with Gasteiger partial charge in [0.1, 0.15) is 17.5 Å². The van der Waals surface area contributed by atoms with Crippen molar-refractivity contribution >= 4 is 17.5 Å². The van der Waals surface area contributed by atoms with E-state index in [0.29, 0.717) is 18.2 Å². The third-order valence-electron chi connectivity index (χ3n) is 2.74. The number of nitrogens with zero attached hydrogens (tertiary/aromatic N) is 4. The SMILES string of the molecule is CCCN(CC(=O)N(C)C)c1cc(N)nc(CC)n1. The molecule has 0 aliphatic rings. The highest BCUT2D eigenvalue weighted by Crippen LogP contribution is 2.15. The molecule has 0 saturated carbocycles. The van der Waals surface area contributed by atoms with Crippen molar-refractivity contribution in [3.63, 3.8) is 0 Å². The Labute approximate surface area is 114 Å². The standard InChI is InChI=1S/C13H23N5O/c1-5-7-18(9-13(19)17(3)4)12-8-10(14)15-11(6-2)16-12/h8H,5-7,9H2,1-4H3,(H2,14,15,16). The van der Waals surface area contributed by atoms with Crippen molar-refractivity contribution < 1.29 is 4.79 Å². The van der Waals surface area contributed by atoms with E-state index >= 15 is 0 Å². The van der Waals surface area contributed by atoms with E-state index in [-0.39, 0.29) is 5.91 Å². The van der Waals surface area contributed by atoms with E-state index in [0.717, 1.165) is 25.2 Å². The van der Waals surface area contributed by atoms with Gasteiger partial charge in [-0.1, -0.05) is 13.8 Å². The van der Waals surface area contributed by atoms with Crippen molar-refractivity contribution in [2.75, 3.05) is 37.8 Å². The minimum atomic E-state index is 0.0451. The van der Waals surface area contributed by atoms with Gasteiger partial charge in [-0.25, -0.2) is 9.97 Å². The highest BCUT2D eigenvalue weighted by atomic mass is 16.2. The summed E-state index contributed by atoms with van der Waals surface area (Å²) in [7, 11) is 3.50. The van der Waals surface area contributed by atoms with Crippen molar-refractivity contribution in [3.8, 4) is 0 Å². The Morgan fingerprint density at radius 2 is 2.00 bits per heavy atom. The van der Waals surface area contributed by atoms with Crippen LogP contribution in [-0.4, -0.2) is 48.0 Å². The Morgan fingerprint density at radius 1 is 1.32 bits per heavy atom. The molecule has 0 saturated heterocycles. The summed E-state index contributed by atoms with van der Waals surface area (Å²) in [6.45, 7) is 5.12. The quantitative estimate of drug-likeness (QED) is 0.828. The maximum atomic E-state index is 11.9. The van der Waals surface area contributed by atoms with E-state index in [9.17, 15) is 4.79 Å². The molecule has 1 heterocycles. The molecule has 0 radical (unpaired) electrons. The average molecular weight is 265 g/mol. The maximum absolute atomic E-state index is 11.9. The molecule has 1 aromatic rings. The number of hydrogen-bond donors (Lipinski definition) is 1. The van der Waals surface area contributed by atoms with Crippen molar-refractivity contribution in [1.29, 1.82) is 0 Å². The summed E-state index contributed by atoms with van der Waals surface area (Å²) in [5.41, 5.74) is 5.79. The van der Waals surface area contributed by atoms with Crippen LogP contribution in [0.1, 0.15) is 26.1 Å². The number of carbonyl (C=O) groups excluding carboxylic acids is 1. The van der Waals surface area contributed by atoms with Gasteiger partial charge in [-0.15, -0.1) is 0 Å². The lowest BCUT2D eigenvalue weighted by molar-refractivity contribution is -0.127. The highest BCUT2D eigenvalue weighted by Gasteiger charge is 2.15. The third kappa shape index (κ3) is 4.39. The predicted molar refractivity (Wildman–Crippen MR) is 77.0 cm³/mol. The first-order chi connectivity index (χ1) is 8.97. The summed E-state index contributed by atoms with van der Waals surface area (Å²) in [5.74, 6) is 1.92. The molecular formula is C13H23N5O. The van der Waals surface area contributed by atoms with E-state index in [1.54, 1.807) is 25.1 Å². The molecule has 0 aliphatic heterocycles. The Kier molecular flexibility index (Phi) is 5.54. The number of amides is 1. The minimum Gasteiger partial charge on any atom is -0.384 e. The Bertz CT molecular complexity index is 433. The number of likely N-dealkylation sites (N-methyl/N-ethyl adjacent to an activating group) is 1.